The van der Waals surface area contributed by atoms with Crippen LogP contribution in [0.4, 0.5) is 0 Å². The number of pyridine rings is 1. The zero-order chi connectivity index (χ0) is 10.7. The van der Waals surface area contributed by atoms with Gasteiger partial charge in [-0.2, -0.15) is 0 Å². The van der Waals surface area contributed by atoms with Crippen LogP contribution in [0.5, 0.6) is 5.75 Å². The molecule has 0 amide bonds. The number of methoxy groups -OCH3 is 1. The smallest absolute Gasteiger partial charge is 0.141 e. The van der Waals surface area contributed by atoms with Crippen molar-refractivity contribution in [1.82, 2.24) is 10.3 Å². The molecule has 1 saturated heterocycles. The SMILES string of the molecule is COc1cccnc1C1CCCC(C)N1. The van der Waals surface area contributed by atoms with Crippen molar-refractivity contribution in [2.75, 3.05) is 7.11 Å². The lowest BCUT2D eigenvalue weighted by molar-refractivity contribution is 0.322. The molecular weight excluding hydrogens is 188 g/mol. The van der Waals surface area contributed by atoms with Crippen LogP contribution in [0.1, 0.15) is 37.9 Å². The van der Waals surface area contributed by atoms with Crippen molar-refractivity contribution in [2.24, 2.45) is 0 Å². The van der Waals surface area contributed by atoms with Gasteiger partial charge in [-0.05, 0) is 38.3 Å². The fraction of sp³-hybridized carbons (Fsp3) is 0.583. The highest BCUT2D eigenvalue weighted by Crippen LogP contribution is 2.29. The molecule has 1 aliphatic heterocycles. The van der Waals surface area contributed by atoms with Gasteiger partial charge in [0.05, 0.1) is 18.8 Å². The number of rotatable bonds is 2. The summed E-state index contributed by atoms with van der Waals surface area (Å²) in [7, 11) is 1.70. The lowest BCUT2D eigenvalue weighted by Crippen LogP contribution is -2.35. The van der Waals surface area contributed by atoms with Crippen molar-refractivity contribution in [2.45, 2.75) is 38.3 Å². The van der Waals surface area contributed by atoms with E-state index in [4.69, 9.17) is 4.74 Å². The van der Waals surface area contributed by atoms with Crippen molar-refractivity contribution in [1.29, 1.82) is 0 Å². The summed E-state index contributed by atoms with van der Waals surface area (Å²) < 4.78 is 5.33. The minimum atomic E-state index is 0.352. The number of nitrogens with zero attached hydrogens (tertiary/aromatic N) is 1. The number of nitrogens with one attached hydrogen (secondary N) is 1. The summed E-state index contributed by atoms with van der Waals surface area (Å²) in [5, 5.41) is 3.56. The third-order valence-corrected chi connectivity index (χ3v) is 2.97. The van der Waals surface area contributed by atoms with Crippen molar-refractivity contribution in [3.8, 4) is 5.75 Å². The van der Waals surface area contributed by atoms with Gasteiger partial charge in [0.15, 0.2) is 0 Å². The fourth-order valence-electron chi connectivity index (χ4n) is 2.19. The Hall–Kier alpha value is -1.09. The third kappa shape index (κ3) is 2.29. The average Bonchev–Trinajstić information content (AvgIpc) is 2.29. The summed E-state index contributed by atoms with van der Waals surface area (Å²) in [5.74, 6) is 0.893. The fourth-order valence-corrected chi connectivity index (χ4v) is 2.19. The average molecular weight is 206 g/mol. The molecule has 3 heteroatoms. The molecule has 15 heavy (non-hydrogen) atoms. The van der Waals surface area contributed by atoms with Crippen LogP contribution >= 0.6 is 0 Å². The van der Waals surface area contributed by atoms with E-state index in [1.807, 2.05) is 18.3 Å². The minimum absolute atomic E-state index is 0.352. The zero-order valence-corrected chi connectivity index (χ0v) is 9.36. The number of piperidine rings is 1. The van der Waals surface area contributed by atoms with Crippen LogP contribution in [-0.4, -0.2) is 18.1 Å². The van der Waals surface area contributed by atoms with E-state index in [9.17, 15) is 0 Å². The Kier molecular flexibility index (Phi) is 3.21. The molecule has 3 nitrogen and oxygen atoms in total. The molecule has 2 heterocycles. The van der Waals surface area contributed by atoms with Gasteiger partial charge in [-0.15, -0.1) is 0 Å². The Morgan fingerprint density at radius 3 is 3.07 bits per heavy atom. The van der Waals surface area contributed by atoms with Crippen LogP contribution in [-0.2, 0) is 0 Å². The summed E-state index contributed by atoms with van der Waals surface area (Å²) >= 11 is 0. The van der Waals surface area contributed by atoms with Gasteiger partial charge >= 0.3 is 0 Å². The van der Waals surface area contributed by atoms with Gasteiger partial charge in [0.25, 0.3) is 0 Å². The first-order chi connectivity index (χ1) is 7.31. The van der Waals surface area contributed by atoms with Crippen molar-refractivity contribution < 1.29 is 4.74 Å². The molecule has 0 aliphatic carbocycles. The normalized spacial score (nSPS) is 26.3. The van der Waals surface area contributed by atoms with Gasteiger partial charge in [-0.3, -0.25) is 4.98 Å². The first kappa shape index (κ1) is 10.4. The van der Waals surface area contributed by atoms with Crippen LogP contribution in [0.25, 0.3) is 0 Å². The third-order valence-electron chi connectivity index (χ3n) is 2.97. The Balaban J connectivity index is 2.20. The maximum Gasteiger partial charge on any atom is 0.141 e. The highest BCUT2D eigenvalue weighted by Gasteiger charge is 2.22. The van der Waals surface area contributed by atoms with Gasteiger partial charge in [0, 0.05) is 12.2 Å². The Morgan fingerprint density at radius 2 is 2.33 bits per heavy atom. The number of ether oxygens (including phenoxy) is 1. The van der Waals surface area contributed by atoms with Crippen molar-refractivity contribution in [3.05, 3.63) is 24.0 Å². The second-order valence-electron chi connectivity index (χ2n) is 4.14. The maximum absolute atomic E-state index is 5.33. The molecule has 82 valence electrons. The summed E-state index contributed by atoms with van der Waals surface area (Å²) in [6, 6.07) is 4.82. The number of hydrogen-bond donors (Lipinski definition) is 1. The first-order valence-electron chi connectivity index (χ1n) is 5.56. The minimum Gasteiger partial charge on any atom is -0.495 e. The molecule has 1 fully saturated rings. The lowest BCUT2D eigenvalue weighted by Gasteiger charge is -2.29. The molecule has 1 aromatic rings. The van der Waals surface area contributed by atoms with Crippen LogP contribution in [0.15, 0.2) is 18.3 Å². The van der Waals surface area contributed by atoms with Crippen molar-refractivity contribution >= 4 is 0 Å². The van der Waals surface area contributed by atoms with E-state index >= 15 is 0 Å². The molecule has 0 spiro atoms. The quantitative estimate of drug-likeness (QED) is 0.806. The molecule has 2 atom stereocenters. The Labute approximate surface area is 90.9 Å². The molecular formula is C12H18N2O. The van der Waals surface area contributed by atoms with E-state index in [1.54, 1.807) is 7.11 Å². The van der Waals surface area contributed by atoms with E-state index in [0.717, 1.165) is 17.9 Å². The molecule has 0 saturated carbocycles. The lowest BCUT2D eigenvalue weighted by atomic mass is 9.97. The van der Waals surface area contributed by atoms with E-state index in [2.05, 4.69) is 17.2 Å². The second kappa shape index (κ2) is 4.62. The van der Waals surface area contributed by atoms with Crippen LogP contribution in [0, 0.1) is 0 Å². The van der Waals surface area contributed by atoms with Crippen LogP contribution in [0.3, 0.4) is 0 Å². The standard InChI is InChI=1S/C12H18N2O/c1-9-5-3-6-10(14-9)12-11(15-2)7-4-8-13-12/h4,7-10,14H,3,5-6H2,1-2H3. The van der Waals surface area contributed by atoms with E-state index in [1.165, 1.54) is 12.8 Å². The van der Waals surface area contributed by atoms with Gasteiger partial charge in [0.1, 0.15) is 5.75 Å². The van der Waals surface area contributed by atoms with E-state index in [0.29, 0.717) is 12.1 Å². The molecule has 2 rings (SSSR count). The largest absolute Gasteiger partial charge is 0.495 e. The second-order valence-corrected chi connectivity index (χ2v) is 4.14. The summed E-state index contributed by atoms with van der Waals surface area (Å²) in [4.78, 5) is 4.42. The number of aromatic nitrogens is 1. The molecule has 1 aliphatic rings. The van der Waals surface area contributed by atoms with E-state index in [-0.39, 0.29) is 0 Å². The topological polar surface area (TPSA) is 34.1 Å². The Morgan fingerprint density at radius 1 is 1.47 bits per heavy atom. The van der Waals surface area contributed by atoms with Gasteiger partial charge in [-0.1, -0.05) is 0 Å². The monoisotopic (exact) mass is 206 g/mol. The summed E-state index contributed by atoms with van der Waals surface area (Å²) in [6.45, 7) is 2.22. The Bertz CT molecular complexity index is 327. The van der Waals surface area contributed by atoms with Gasteiger partial charge in [-0.25, -0.2) is 0 Å². The number of hydrogen-bond acceptors (Lipinski definition) is 3. The highest BCUT2D eigenvalue weighted by molar-refractivity contribution is 5.29. The van der Waals surface area contributed by atoms with Crippen LogP contribution < -0.4 is 10.1 Å². The molecule has 1 N–H and O–H groups in total. The maximum atomic E-state index is 5.33. The molecule has 2 unspecified atom stereocenters. The molecule has 1 aromatic heterocycles. The summed E-state index contributed by atoms with van der Waals surface area (Å²) in [5.41, 5.74) is 1.05. The highest BCUT2D eigenvalue weighted by atomic mass is 16.5. The summed E-state index contributed by atoms with van der Waals surface area (Å²) in [6.07, 6.45) is 5.50. The van der Waals surface area contributed by atoms with Crippen molar-refractivity contribution in [3.63, 3.8) is 0 Å². The first-order valence-corrected chi connectivity index (χ1v) is 5.56. The zero-order valence-electron chi connectivity index (χ0n) is 9.36. The molecule has 0 bridgehead atoms. The van der Waals surface area contributed by atoms with Gasteiger partial charge < -0.3 is 10.1 Å². The van der Waals surface area contributed by atoms with Gasteiger partial charge in [0.2, 0.25) is 0 Å². The van der Waals surface area contributed by atoms with Crippen LogP contribution in [0.2, 0.25) is 0 Å². The predicted molar refractivity (Wildman–Crippen MR) is 60.0 cm³/mol. The van der Waals surface area contributed by atoms with E-state index < -0.39 is 0 Å². The molecule has 0 aromatic carbocycles. The predicted octanol–water partition coefficient (Wildman–Crippen LogP) is 2.29. The molecule has 0 radical (unpaired) electrons.